The topological polar surface area (TPSA) is 38.2 Å². The molecule has 1 aliphatic rings. The molecule has 2 heterocycles. The molecule has 0 saturated carbocycles. The molecule has 0 saturated heterocycles. The van der Waals surface area contributed by atoms with E-state index in [2.05, 4.69) is 15.1 Å². The van der Waals surface area contributed by atoms with Crippen molar-refractivity contribution in [2.45, 2.75) is 0 Å². The SMILES string of the molecule is CN1CCOc2cnncc21. The van der Waals surface area contributed by atoms with Crippen molar-refractivity contribution in [3.05, 3.63) is 12.4 Å². The smallest absolute Gasteiger partial charge is 0.164 e. The summed E-state index contributed by atoms with van der Waals surface area (Å²) in [7, 11) is 2.02. The Kier molecular flexibility index (Phi) is 1.38. The van der Waals surface area contributed by atoms with E-state index < -0.39 is 0 Å². The maximum absolute atomic E-state index is 5.35. The first-order valence-corrected chi connectivity index (χ1v) is 3.52. The maximum atomic E-state index is 5.35. The molecule has 0 bridgehead atoms. The van der Waals surface area contributed by atoms with Gasteiger partial charge in [-0.1, -0.05) is 0 Å². The molecule has 0 spiro atoms. The van der Waals surface area contributed by atoms with Crippen molar-refractivity contribution in [2.75, 3.05) is 25.1 Å². The number of rotatable bonds is 0. The van der Waals surface area contributed by atoms with Gasteiger partial charge in [0.2, 0.25) is 0 Å². The van der Waals surface area contributed by atoms with Crippen molar-refractivity contribution in [3.63, 3.8) is 0 Å². The highest BCUT2D eigenvalue weighted by Crippen LogP contribution is 2.27. The van der Waals surface area contributed by atoms with Crippen LogP contribution >= 0.6 is 0 Å². The first kappa shape index (κ1) is 6.39. The third-order valence-electron chi connectivity index (χ3n) is 1.77. The quantitative estimate of drug-likeness (QED) is 0.534. The Balaban J connectivity index is 2.44. The number of likely N-dealkylation sites (N-methyl/N-ethyl adjacent to an activating group) is 1. The predicted molar refractivity (Wildman–Crippen MR) is 40.8 cm³/mol. The first-order valence-electron chi connectivity index (χ1n) is 3.52. The van der Waals surface area contributed by atoms with Gasteiger partial charge in [-0.25, -0.2) is 0 Å². The van der Waals surface area contributed by atoms with E-state index in [1.54, 1.807) is 12.4 Å². The highest BCUT2D eigenvalue weighted by atomic mass is 16.5. The fourth-order valence-electron chi connectivity index (χ4n) is 1.11. The molecule has 1 aliphatic heterocycles. The largest absolute Gasteiger partial charge is 0.488 e. The Morgan fingerprint density at radius 2 is 2.27 bits per heavy atom. The van der Waals surface area contributed by atoms with Gasteiger partial charge >= 0.3 is 0 Å². The normalized spacial score (nSPS) is 15.5. The van der Waals surface area contributed by atoms with Crippen molar-refractivity contribution in [1.29, 1.82) is 0 Å². The van der Waals surface area contributed by atoms with Crippen molar-refractivity contribution in [1.82, 2.24) is 10.2 Å². The molecule has 1 aromatic heterocycles. The molecule has 4 heteroatoms. The average Bonchev–Trinajstić information content (AvgIpc) is 2.06. The van der Waals surface area contributed by atoms with E-state index in [0.29, 0.717) is 0 Å². The van der Waals surface area contributed by atoms with E-state index in [0.717, 1.165) is 24.6 Å². The lowest BCUT2D eigenvalue weighted by molar-refractivity contribution is 0.309. The van der Waals surface area contributed by atoms with Gasteiger partial charge in [-0.05, 0) is 0 Å². The molecular weight excluding hydrogens is 142 g/mol. The second-order valence-electron chi connectivity index (χ2n) is 2.51. The van der Waals surface area contributed by atoms with Gasteiger partial charge in [-0.2, -0.15) is 10.2 Å². The number of fused-ring (bicyclic) bond motifs is 1. The molecule has 58 valence electrons. The third kappa shape index (κ3) is 1.00. The lowest BCUT2D eigenvalue weighted by atomic mass is 10.3. The lowest BCUT2D eigenvalue weighted by Gasteiger charge is -2.26. The average molecular weight is 151 g/mol. The summed E-state index contributed by atoms with van der Waals surface area (Å²) in [6, 6.07) is 0. The molecule has 0 fully saturated rings. The van der Waals surface area contributed by atoms with Gasteiger partial charge in [0.05, 0.1) is 18.9 Å². The predicted octanol–water partition coefficient (Wildman–Crippen LogP) is 0.305. The summed E-state index contributed by atoms with van der Waals surface area (Å²) < 4.78 is 5.35. The zero-order valence-electron chi connectivity index (χ0n) is 6.32. The van der Waals surface area contributed by atoms with E-state index in [4.69, 9.17) is 4.74 Å². The molecule has 0 atom stereocenters. The molecule has 0 unspecified atom stereocenters. The highest BCUT2D eigenvalue weighted by Gasteiger charge is 2.13. The fourth-order valence-corrected chi connectivity index (χ4v) is 1.11. The van der Waals surface area contributed by atoms with Crippen molar-refractivity contribution in [3.8, 4) is 5.75 Å². The number of hydrogen-bond acceptors (Lipinski definition) is 4. The monoisotopic (exact) mass is 151 g/mol. The lowest BCUT2D eigenvalue weighted by Crippen LogP contribution is -2.28. The van der Waals surface area contributed by atoms with Crippen LogP contribution in [0.1, 0.15) is 0 Å². The second-order valence-corrected chi connectivity index (χ2v) is 2.51. The van der Waals surface area contributed by atoms with Crippen molar-refractivity contribution >= 4 is 5.69 Å². The molecule has 11 heavy (non-hydrogen) atoms. The summed E-state index contributed by atoms with van der Waals surface area (Å²) in [6.07, 6.45) is 3.36. The van der Waals surface area contributed by atoms with Crippen LogP contribution in [0.3, 0.4) is 0 Å². The molecule has 0 aliphatic carbocycles. The van der Waals surface area contributed by atoms with E-state index in [1.165, 1.54) is 0 Å². The molecular formula is C7H9N3O. The summed E-state index contributed by atoms with van der Waals surface area (Å²) in [5, 5.41) is 7.51. The summed E-state index contributed by atoms with van der Waals surface area (Å²) in [5.74, 6) is 0.828. The molecule has 0 aromatic carbocycles. The minimum absolute atomic E-state index is 0.731. The van der Waals surface area contributed by atoms with Crippen LogP contribution in [-0.4, -0.2) is 30.4 Å². The number of anilines is 1. The van der Waals surface area contributed by atoms with Gasteiger partial charge in [0, 0.05) is 7.05 Å². The minimum atomic E-state index is 0.731. The van der Waals surface area contributed by atoms with E-state index in [1.807, 2.05) is 7.05 Å². The van der Waals surface area contributed by atoms with Gasteiger partial charge in [-0.3, -0.25) is 0 Å². The Morgan fingerprint density at radius 1 is 1.45 bits per heavy atom. The number of hydrogen-bond donors (Lipinski definition) is 0. The van der Waals surface area contributed by atoms with Crippen LogP contribution in [0.2, 0.25) is 0 Å². The first-order chi connectivity index (χ1) is 5.38. The highest BCUT2D eigenvalue weighted by molar-refractivity contribution is 5.56. The van der Waals surface area contributed by atoms with Gasteiger partial charge < -0.3 is 9.64 Å². The summed E-state index contributed by atoms with van der Waals surface area (Å²) in [6.45, 7) is 1.65. The zero-order valence-corrected chi connectivity index (χ0v) is 6.32. The maximum Gasteiger partial charge on any atom is 0.164 e. The van der Waals surface area contributed by atoms with E-state index >= 15 is 0 Å². The van der Waals surface area contributed by atoms with Crippen molar-refractivity contribution < 1.29 is 4.74 Å². The number of aromatic nitrogens is 2. The van der Waals surface area contributed by atoms with Gasteiger partial charge in [-0.15, -0.1) is 0 Å². The second kappa shape index (κ2) is 2.38. The minimum Gasteiger partial charge on any atom is -0.488 e. The van der Waals surface area contributed by atoms with Crippen LogP contribution < -0.4 is 9.64 Å². The number of nitrogens with zero attached hydrogens (tertiary/aromatic N) is 3. The van der Waals surface area contributed by atoms with E-state index in [9.17, 15) is 0 Å². The Morgan fingerprint density at radius 3 is 3.09 bits per heavy atom. The Bertz CT molecular complexity index is 264. The standard InChI is InChI=1S/C7H9N3O/c1-10-2-3-11-7-5-9-8-4-6(7)10/h4-5H,2-3H2,1H3. The van der Waals surface area contributed by atoms with Crippen LogP contribution in [0.25, 0.3) is 0 Å². The van der Waals surface area contributed by atoms with Crippen LogP contribution in [-0.2, 0) is 0 Å². The summed E-state index contributed by atoms with van der Waals surface area (Å²) in [4.78, 5) is 2.10. The zero-order chi connectivity index (χ0) is 7.68. The molecule has 1 aromatic rings. The molecule has 4 nitrogen and oxygen atoms in total. The Hall–Kier alpha value is -1.32. The molecule has 0 N–H and O–H groups in total. The number of ether oxygens (including phenoxy) is 1. The van der Waals surface area contributed by atoms with Crippen LogP contribution in [0.15, 0.2) is 12.4 Å². The van der Waals surface area contributed by atoms with Crippen LogP contribution in [0.5, 0.6) is 5.75 Å². The van der Waals surface area contributed by atoms with Crippen LogP contribution in [0.4, 0.5) is 5.69 Å². The fraction of sp³-hybridized carbons (Fsp3) is 0.429. The van der Waals surface area contributed by atoms with E-state index in [-0.39, 0.29) is 0 Å². The summed E-state index contributed by atoms with van der Waals surface area (Å²) >= 11 is 0. The Labute approximate surface area is 64.8 Å². The van der Waals surface area contributed by atoms with Crippen LogP contribution in [0, 0.1) is 0 Å². The molecule has 2 rings (SSSR count). The third-order valence-corrected chi connectivity index (χ3v) is 1.77. The molecule has 0 amide bonds. The molecule has 0 radical (unpaired) electrons. The van der Waals surface area contributed by atoms with Crippen molar-refractivity contribution in [2.24, 2.45) is 0 Å². The van der Waals surface area contributed by atoms with Gasteiger partial charge in [0.15, 0.2) is 5.75 Å². The van der Waals surface area contributed by atoms with Gasteiger partial charge in [0.25, 0.3) is 0 Å². The van der Waals surface area contributed by atoms with Gasteiger partial charge in [0.1, 0.15) is 12.3 Å². The summed E-state index contributed by atoms with van der Waals surface area (Å²) in [5.41, 5.74) is 1.02.